The maximum Gasteiger partial charge on any atom is 0.313 e. The van der Waals surface area contributed by atoms with Gasteiger partial charge in [0.2, 0.25) is 17.7 Å². The lowest BCUT2D eigenvalue weighted by Crippen LogP contribution is -2.58. The van der Waals surface area contributed by atoms with Crippen molar-refractivity contribution < 1.29 is 33.8 Å². The number of nitrogens with zero attached hydrogens (tertiary/aromatic N) is 2. The molecule has 1 aromatic carbocycles. The molecule has 2 fully saturated rings. The molecule has 0 aliphatic carbocycles. The summed E-state index contributed by atoms with van der Waals surface area (Å²) in [7, 11) is 0. The molecule has 10 heteroatoms. The van der Waals surface area contributed by atoms with E-state index in [0.29, 0.717) is 18.5 Å². The van der Waals surface area contributed by atoms with Crippen LogP contribution >= 0.6 is 0 Å². The zero-order chi connectivity index (χ0) is 28.7. The number of hydrogen-bond acceptors (Lipinski definition) is 7. The molecule has 1 aromatic rings. The molecule has 2 saturated heterocycles. The van der Waals surface area contributed by atoms with Crippen molar-refractivity contribution in [2.24, 2.45) is 11.8 Å². The Morgan fingerprint density at radius 3 is 2.52 bits per heavy atom. The number of rotatable bonds is 3. The third-order valence-electron chi connectivity index (χ3n) is 8.19. The molecule has 4 aliphatic rings. The maximum atomic E-state index is 14.1. The minimum atomic E-state index is -1.42. The monoisotopic (exact) mass is 551 g/mol. The van der Waals surface area contributed by atoms with Crippen LogP contribution in [-0.2, 0) is 28.7 Å². The highest BCUT2D eigenvalue weighted by Gasteiger charge is 2.72. The number of likely N-dealkylation sites (tertiary alicyclic amines) is 1. The number of β-amino-alcohol motifs (C(OH)–C–C–N with tert-alkyl or cyclic N) is 1. The van der Waals surface area contributed by atoms with Crippen LogP contribution in [0.4, 0.5) is 0 Å². The second kappa shape index (κ2) is 10.8. The zero-order valence-corrected chi connectivity index (χ0v) is 23.1. The van der Waals surface area contributed by atoms with Gasteiger partial charge in [-0.05, 0) is 32.8 Å². The SMILES string of the molecule is CC(C)(C)N1CC=C[C@@]23O[C@H]4/C=C\CCC(=O)NC[C@H](c5ccccc5)OC(=O)[C@H]4[C@@H]2C(=O)N(CCO)[C@H]3C1=O. The van der Waals surface area contributed by atoms with E-state index in [-0.39, 0.29) is 37.9 Å². The predicted molar refractivity (Wildman–Crippen MR) is 144 cm³/mol. The van der Waals surface area contributed by atoms with Gasteiger partial charge in [-0.1, -0.05) is 54.6 Å². The van der Waals surface area contributed by atoms with Crippen LogP contribution in [0.15, 0.2) is 54.6 Å². The van der Waals surface area contributed by atoms with E-state index in [1.165, 1.54) is 4.90 Å². The lowest BCUT2D eigenvalue weighted by molar-refractivity contribution is -0.160. The molecule has 10 nitrogen and oxygen atoms in total. The Hall–Kier alpha value is -3.50. The van der Waals surface area contributed by atoms with Crippen LogP contribution in [-0.4, -0.2) is 88.1 Å². The highest BCUT2D eigenvalue weighted by Crippen LogP contribution is 2.53. The van der Waals surface area contributed by atoms with Gasteiger partial charge in [-0.3, -0.25) is 19.2 Å². The molecule has 0 radical (unpaired) electrons. The first-order valence-corrected chi connectivity index (χ1v) is 13.9. The van der Waals surface area contributed by atoms with Crippen molar-refractivity contribution in [1.82, 2.24) is 15.1 Å². The smallest absolute Gasteiger partial charge is 0.313 e. The molecule has 5 rings (SSSR count). The molecule has 0 saturated carbocycles. The highest BCUT2D eigenvalue weighted by molar-refractivity contribution is 5.99. The quantitative estimate of drug-likeness (QED) is 0.431. The van der Waals surface area contributed by atoms with Gasteiger partial charge in [0.15, 0.2) is 0 Å². The van der Waals surface area contributed by atoms with Gasteiger partial charge in [0.25, 0.3) is 0 Å². The number of esters is 1. The van der Waals surface area contributed by atoms with E-state index in [2.05, 4.69) is 5.32 Å². The van der Waals surface area contributed by atoms with Crippen molar-refractivity contribution >= 4 is 23.7 Å². The third kappa shape index (κ3) is 4.83. The average Bonchev–Trinajstić information content (AvgIpc) is 3.28. The van der Waals surface area contributed by atoms with Gasteiger partial charge in [0.05, 0.1) is 25.2 Å². The van der Waals surface area contributed by atoms with E-state index in [1.807, 2.05) is 57.2 Å². The Kier molecular flexibility index (Phi) is 7.58. The van der Waals surface area contributed by atoms with Crippen LogP contribution in [0.1, 0.15) is 45.3 Å². The number of nitrogens with one attached hydrogen (secondary N) is 1. The number of carbonyl (C=O) groups is 4. The number of carbonyl (C=O) groups excluding carboxylic acids is 4. The number of fused-ring (bicyclic) bond motifs is 2. The summed E-state index contributed by atoms with van der Waals surface area (Å²) in [6, 6.07) is 8.06. The fourth-order valence-corrected chi connectivity index (χ4v) is 6.36. The molecular weight excluding hydrogens is 514 g/mol. The first-order valence-electron chi connectivity index (χ1n) is 13.9. The Bertz CT molecular complexity index is 1220. The largest absolute Gasteiger partial charge is 0.455 e. The number of benzene rings is 1. The van der Waals surface area contributed by atoms with E-state index in [9.17, 15) is 24.3 Å². The van der Waals surface area contributed by atoms with E-state index in [1.54, 1.807) is 23.1 Å². The fourth-order valence-electron chi connectivity index (χ4n) is 6.36. The second-order valence-electron chi connectivity index (χ2n) is 11.7. The minimum Gasteiger partial charge on any atom is -0.455 e. The summed E-state index contributed by atoms with van der Waals surface area (Å²) in [5.74, 6) is -3.60. The summed E-state index contributed by atoms with van der Waals surface area (Å²) < 4.78 is 12.6. The van der Waals surface area contributed by atoms with Crippen LogP contribution in [0.3, 0.4) is 0 Å². The van der Waals surface area contributed by atoms with Crippen molar-refractivity contribution in [1.29, 1.82) is 0 Å². The first kappa shape index (κ1) is 28.0. The van der Waals surface area contributed by atoms with Crippen LogP contribution in [0.25, 0.3) is 0 Å². The molecule has 0 aromatic heterocycles. The average molecular weight is 552 g/mol. The van der Waals surface area contributed by atoms with Gasteiger partial charge in [-0.15, -0.1) is 0 Å². The lowest BCUT2D eigenvalue weighted by Gasteiger charge is -2.40. The molecule has 3 amide bonds. The summed E-state index contributed by atoms with van der Waals surface area (Å²) in [6.07, 6.45) is 6.09. The minimum absolute atomic E-state index is 0.0659. The molecule has 1 spiro atoms. The Morgan fingerprint density at radius 1 is 1.07 bits per heavy atom. The van der Waals surface area contributed by atoms with Gasteiger partial charge in [0, 0.05) is 25.0 Å². The normalized spacial score (nSPS) is 33.6. The van der Waals surface area contributed by atoms with Crippen LogP contribution in [0.2, 0.25) is 0 Å². The number of aliphatic hydroxyl groups is 1. The summed E-state index contributed by atoms with van der Waals surface area (Å²) in [4.78, 5) is 57.6. The molecule has 2 N–H and O–H groups in total. The standard InChI is InChI=1S/C30H37N3O7/c1-29(2,3)33-15-9-14-30-24(26(36)32(16-17-34)25(30)27(33)37)23-20(40-30)12-7-8-13-22(35)31-18-21(39-28(23)38)19-10-5-4-6-11-19/h4-7,9-12,14,20-21,23-25,34H,8,13,15-18H2,1-3H3,(H,31,35)/b12-7-/t20-,21+,23+,24+,25-,30+/m0/s1. The topological polar surface area (TPSA) is 125 Å². The first-order chi connectivity index (χ1) is 19.1. The number of amides is 3. The van der Waals surface area contributed by atoms with E-state index >= 15 is 0 Å². The predicted octanol–water partition coefficient (Wildman–Crippen LogP) is 1.51. The van der Waals surface area contributed by atoms with Crippen molar-refractivity contribution in [3.05, 3.63) is 60.2 Å². The van der Waals surface area contributed by atoms with Crippen molar-refractivity contribution in [2.75, 3.05) is 26.2 Å². The van der Waals surface area contributed by atoms with Gasteiger partial charge in [0.1, 0.15) is 23.7 Å². The van der Waals surface area contributed by atoms with Crippen LogP contribution < -0.4 is 5.32 Å². The number of hydrogen-bond donors (Lipinski definition) is 2. The van der Waals surface area contributed by atoms with Crippen LogP contribution in [0, 0.1) is 11.8 Å². The van der Waals surface area contributed by atoms with Gasteiger partial charge < -0.3 is 29.7 Å². The fraction of sp³-hybridized carbons (Fsp3) is 0.533. The Balaban J connectivity index is 1.59. The Morgan fingerprint density at radius 2 is 1.82 bits per heavy atom. The molecule has 214 valence electrons. The molecule has 0 bridgehead atoms. The lowest BCUT2D eigenvalue weighted by atomic mass is 9.77. The van der Waals surface area contributed by atoms with Crippen molar-refractivity contribution in [3.63, 3.8) is 0 Å². The summed E-state index contributed by atoms with van der Waals surface area (Å²) in [5.41, 5.74) is -1.25. The molecule has 6 atom stereocenters. The van der Waals surface area contributed by atoms with E-state index < -0.39 is 53.1 Å². The zero-order valence-electron chi connectivity index (χ0n) is 23.1. The van der Waals surface area contributed by atoms with E-state index in [0.717, 1.165) is 0 Å². The summed E-state index contributed by atoms with van der Waals surface area (Å²) in [5, 5.41) is 12.7. The number of cyclic esters (lactones) is 1. The van der Waals surface area contributed by atoms with Gasteiger partial charge in [-0.25, -0.2) is 0 Å². The second-order valence-corrected chi connectivity index (χ2v) is 11.7. The third-order valence-corrected chi connectivity index (χ3v) is 8.19. The van der Waals surface area contributed by atoms with Crippen LogP contribution in [0.5, 0.6) is 0 Å². The molecule has 40 heavy (non-hydrogen) atoms. The Labute approximate surface area is 234 Å². The van der Waals surface area contributed by atoms with Crippen molar-refractivity contribution in [3.8, 4) is 0 Å². The van der Waals surface area contributed by atoms with E-state index in [4.69, 9.17) is 9.47 Å². The number of allylic oxidation sites excluding steroid dienone is 1. The number of ether oxygens (including phenoxy) is 2. The summed E-state index contributed by atoms with van der Waals surface area (Å²) in [6.45, 7) is 5.75. The van der Waals surface area contributed by atoms with Crippen molar-refractivity contribution in [2.45, 2.75) is 63.0 Å². The molecular formula is C30H37N3O7. The maximum absolute atomic E-state index is 14.1. The number of aliphatic hydroxyl groups excluding tert-OH is 1. The molecule has 4 aliphatic heterocycles. The highest BCUT2D eigenvalue weighted by atomic mass is 16.6. The molecule has 0 unspecified atom stereocenters. The van der Waals surface area contributed by atoms with Gasteiger partial charge >= 0.3 is 5.97 Å². The molecule has 4 heterocycles. The van der Waals surface area contributed by atoms with Gasteiger partial charge in [-0.2, -0.15) is 0 Å². The summed E-state index contributed by atoms with van der Waals surface area (Å²) >= 11 is 0.